The summed E-state index contributed by atoms with van der Waals surface area (Å²) < 4.78 is 0. The molecular formula is C12H20N2O2. The van der Waals surface area contributed by atoms with Gasteiger partial charge in [0, 0.05) is 32.5 Å². The van der Waals surface area contributed by atoms with Gasteiger partial charge in [0.05, 0.1) is 6.54 Å². The second-order valence-corrected chi connectivity index (χ2v) is 5.05. The molecule has 0 N–H and O–H groups in total. The zero-order chi connectivity index (χ0) is 11.5. The largest absolute Gasteiger partial charge is 0.341 e. The van der Waals surface area contributed by atoms with Crippen molar-refractivity contribution in [1.29, 1.82) is 0 Å². The minimum Gasteiger partial charge on any atom is -0.341 e. The maximum absolute atomic E-state index is 11.9. The first kappa shape index (κ1) is 11.6. The number of amides is 1. The normalized spacial score (nSPS) is 27.4. The summed E-state index contributed by atoms with van der Waals surface area (Å²) in [5.41, 5.74) is 0. The minimum absolute atomic E-state index is 0.196. The third-order valence-corrected chi connectivity index (χ3v) is 3.54. The van der Waals surface area contributed by atoms with Gasteiger partial charge in [-0.05, 0) is 18.9 Å². The number of Topliss-reactive ketones (excluding diaryl/α,β-unsaturated/α-hetero) is 1. The highest BCUT2D eigenvalue weighted by Crippen LogP contribution is 2.15. The van der Waals surface area contributed by atoms with Crippen LogP contribution in [0.4, 0.5) is 0 Å². The SMILES string of the molecule is CC1CCN(CC(=O)N2CCC(=O)CC2)C1. The molecule has 0 aromatic rings. The predicted octanol–water partition coefficient (Wildman–Crippen LogP) is 0.520. The highest BCUT2D eigenvalue weighted by molar-refractivity contribution is 5.84. The number of nitrogens with zero attached hydrogens (tertiary/aromatic N) is 2. The van der Waals surface area contributed by atoms with Crippen molar-refractivity contribution in [3.05, 3.63) is 0 Å². The Balaban J connectivity index is 1.77. The van der Waals surface area contributed by atoms with E-state index in [4.69, 9.17) is 0 Å². The van der Waals surface area contributed by atoms with Gasteiger partial charge in [-0.15, -0.1) is 0 Å². The van der Waals surface area contributed by atoms with Crippen LogP contribution < -0.4 is 0 Å². The van der Waals surface area contributed by atoms with Crippen LogP contribution in [0.5, 0.6) is 0 Å². The van der Waals surface area contributed by atoms with Crippen molar-refractivity contribution >= 4 is 11.7 Å². The van der Waals surface area contributed by atoms with E-state index in [1.165, 1.54) is 6.42 Å². The van der Waals surface area contributed by atoms with Crippen molar-refractivity contribution < 1.29 is 9.59 Å². The molecule has 2 aliphatic rings. The molecule has 2 fully saturated rings. The topological polar surface area (TPSA) is 40.6 Å². The van der Waals surface area contributed by atoms with Crippen LogP contribution in [-0.4, -0.2) is 54.2 Å². The number of carbonyl (C=O) groups is 2. The number of carbonyl (C=O) groups excluding carboxylic acids is 2. The first-order valence-electron chi connectivity index (χ1n) is 6.17. The van der Waals surface area contributed by atoms with E-state index in [1.54, 1.807) is 0 Å². The van der Waals surface area contributed by atoms with Gasteiger partial charge < -0.3 is 4.90 Å². The van der Waals surface area contributed by atoms with E-state index in [0.717, 1.165) is 19.0 Å². The summed E-state index contributed by atoms with van der Waals surface area (Å²) in [7, 11) is 0. The predicted molar refractivity (Wildman–Crippen MR) is 61.0 cm³/mol. The number of likely N-dealkylation sites (tertiary alicyclic amines) is 2. The Morgan fingerprint density at radius 1 is 1.31 bits per heavy atom. The smallest absolute Gasteiger partial charge is 0.236 e. The molecule has 0 radical (unpaired) electrons. The lowest BCUT2D eigenvalue weighted by molar-refractivity contribution is -0.135. The van der Waals surface area contributed by atoms with Crippen molar-refractivity contribution in [2.75, 3.05) is 32.7 Å². The van der Waals surface area contributed by atoms with Gasteiger partial charge in [0.1, 0.15) is 5.78 Å². The Morgan fingerprint density at radius 3 is 2.56 bits per heavy atom. The van der Waals surface area contributed by atoms with E-state index in [-0.39, 0.29) is 5.91 Å². The fourth-order valence-electron chi connectivity index (χ4n) is 2.47. The summed E-state index contributed by atoms with van der Waals surface area (Å²) in [5.74, 6) is 1.20. The van der Waals surface area contributed by atoms with Crippen LogP contribution in [0.1, 0.15) is 26.2 Å². The summed E-state index contributed by atoms with van der Waals surface area (Å²) in [4.78, 5) is 27.1. The van der Waals surface area contributed by atoms with Crippen molar-refractivity contribution in [2.24, 2.45) is 5.92 Å². The summed E-state index contributed by atoms with van der Waals surface area (Å²) >= 11 is 0. The summed E-state index contributed by atoms with van der Waals surface area (Å²) in [6.07, 6.45) is 2.29. The Bertz CT molecular complexity index is 281. The summed E-state index contributed by atoms with van der Waals surface area (Å²) in [6.45, 7) is 6.10. The van der Waals surface area contributed by atoms with Gasteiger partial charge in [-0.25, -0.2) is 0 Å². The van der Waals surface area contributed by atoms with Gasteiger partial charge in [0.15, 0.2) is 0 Å². The van der Waals surface area contributed by atoms with Crippen molar-refractivity contribution in [1.82, 2.24) is 9.80 Å². The van der Waals surface area contributed by atoms with E-state index in [2.05, 4.69) is 11.8 Å². The molecule has 2 aliphatic heterocycles. The third kappa shape index (κ3) is 2.82. The quantitative estimate of drug-likeness (QED) is 0.686. The van der Waals surface area contributed by atoms with Crippen LogP contribution in [0.2, 0.25) is 0 Å². The molecule has 0 saturated carbocycles. The van der Waals surface area contributed by atoms with Crippen LogP contribution in [0.3, 0.4) is 0 Å². The molecule has 2 heterocycles. The second-order valence-electron chi connectivity index (χ2n) is 5.05. The highest BCUT2D eigenvalue weighted by atomic mass is 16.2. The zero-order valence-electron chi connectivity index (χ0n) is 9.95. The molecule has 1 atom stereocenters. The molecular weight excluding hydrogens is 204 g/mol. The van der Waals surface area contributed by atoms with Crippen LogP contribution in [0.15, 0.2) is 0 Å². The Hall–Kier alpha value is -0.900. The van der Waals surface area contributed by atoms with Gasteiger partial charge in [-0.1, -0.05) is 6.92 Å². The third-order valence-electron chi connectivity index (χ3n) is 3.54. The molecule has 0 aromatic carbocycles. The molecule has 2 saturated heterocycles. The van der Waals surface area contributed by atoms with E-state index in [0.29, 0.717) is 38.3 Å². The molecule has 2 rings (SSSR count). The van der Waals surface area contributed by atoms with Crippen LogP contribution in [0, 0.1) is 5.92 Å². The summed E-state index contributed by atoms with van der Waals surface area (Å²) in [5, 5.41) is 0. The van der Waals surface area contributed by atoms with E-state index in [9.17, 15) is 9.59 Å². The maximum Gasteiger partial charge on any atom is 0.236 e. The minimum atomic E-state index is 0.196. The van der Waals surface area contributed by atoms with Gasteiger partial charge in [0.2, 0.25) is 5.91 Å². The van der Waals surface area contributed by atoms with Gasteiger partial charge in [0.25, 0.3) is 0 Å². The first-order valence-corrected chi connectivity index (χ1v) is 6.17. The number of hydrogen-bond acceptors (Lipinski definition) is 3. The van der Waals surface area contributed by atoms with E-state index < -0.39 is 0 Å². The number of ketones is 1. The molecule has 90 valence electrons. The molecule has 0 aliphatic carbocycles. The monoisotopic (exact) mass is 224 g/mol. The molecule has 1 unspecified atom stereocenters. The number of hydrogen-bond donors (Lipinski definition) is 0. The maximum atomic E-state index is 11.9. The lowest BCUT2D eigenvalue weighted by Gasteiger charge is -2.28. The van der Waals surface area contributed by atoms with E-state index in [1.807, 2.05) is 4.90 Å². The fourth-order valence-corrected chi connectivity index (χ4v) is 2.47. The van der Waals surface area contributed by atoms with Crippen molar-refractivity contribution in [2.45, 2.75) is 26.2 Å². The van der Waals surface area contributed by atoms with Gasteiger partial charge >= 0.3 is 0 Å². The fraction of sp³-hybridized carbons (Fsp3) is 0.833. The Kier molecular flexibility index (Phi) is 3.59. The number of piperidine rings is 1. The van der Waals surface area contributed by atoms with Crippen molar-refractivity contribution in [3.8, 4) is 0 Å². The van der Waals surface area contributed by atoms with E-state index >= 15 is 0 Å². The molecule has 0 spiro atoms. The van der Waals surface area contributed by atoms with Crippen molar-refractivity contribution in [3.63, 3.8) is 0 Å². The lowest BCUT2D eigenvalue weighted by Crippen LogP contribution is -2.43. The first-order chi connectivity index (χ1) is 7.65. The van der Waals surface area contributed by atoms with Crippen LogP contribution in [0.25, 0.3) is 0 Å². The van der Waals surface area contributed by atoms with Gasteiger partial charge in [-0.2, -0.15) is 0 Å². The Morgan fingerprint density at radius 2 is 2.00 bits per heavy atom. The molecule has 0 bridgehead atoms. The van der Waals surface area contributed by atoms with Crippen LogP contribution in [-0.2, 0) is 9.59 Å². The second kappa shape index (κ2) is 4.95. The molecule has 4 nitrogen and oxygen atoms in total. The Labute approximate surface area is 96.6 Å². The average molecular weight is 224 g/mol. The molecule has 16 heavy (non-hydrogen) atoms. The standard InChI is InChI=1S/C12H20N2O2/c1-10-2-5-13(8-10)9-12(16)14-6-3-11(15)4-7-14/h10H,2-9H2,1H3. The zero-order valence-corrected chi connectivity index (χ0v) is 9.95. The summed E-state index contributed by atoms with van der Waals surface area (Å²) in [6, 6.07) is 0. The lowest BCUT2D eigenvalue weighted by atomic mass is 10.1. The average Bonchev–Trinajstić information content (AvgIpc) is 2.65. The van der Waals surface area contributed by atoms with Crippen LogP contribution >= 0.6 is 0 Å². The number of rotatable bonds is 2. The molecule has 4 heteroatoms. The van der Waals surface area contributed by atoms with Gasteiger partial charge in [-0.3, -0.25) is 14.5 Å². The molecule has 1 amide bonds. The molecule has 0 aromatic heterocycles. The highest BCUT2D eigenvalue weighted by Gasteiger charge is 2.25.